The van der Waals surface area contributed by atoms with Gasteiger partial charge < -0.3 is 9.47 Å². The van der Waals surface area contributed by atoms with Gasteiger partial charge in [0.15, 0.2) is 0 Å². The van der Waals surface area contributed by atoms with Gasteiger partial charge in [0.1, 0.15) is 5.75 Å². The molecular formula is C16H24N2O2. The van der Waals surface area contributed by atoms with Gasteiger partial charge in [-0.3, -0.25) is 9.80 Å². The fourth-order valence-electron chi connectivity index (χ4n) is 3.27. The molecule has 1 atom stereocenters. The van der Waals surface area contributed by atoms with E-state index in [2.05, 4.69) is 21.9 Å². The Balaban J connectivity index is 1.57. The van der Waals surface area contributed by atoms with Crippen LogP contribution in [0.5, 0.6) is 5.75 Å². The molecule has 0 amide bonds. The highest BCUT2D eigenvalue weighted by molar-refractivity contribution is 5.33. The highest BCUT2D eigenvalue weighted by Gasteiger charge is 2.28. The van der Waals surface area contributed by atoms with Gasteiger partial charge in [-0.1, -0.05) is 18.2 Å². The van der Waals surface area contributed by atoms with Gasteiger partial charge in [0.05, 0.1) is 20.3 Å². The van der Waals surface area contributed by atoms with Crippen LogP contribution < -0.4 is 4.74 Å². The molecular weight excluding hydrogens is 252 g/mol. The predicted octanol–water partition coefficient (Wildman–Crippen LogP) is 1.60. The quantitative estimate of drug-likeness (QED) is 0.834. The lowest BCUT2D eigenvalue weighted by Crippen LogP contribution is -2.44. The Bertz CT molecular complexity index is 432. The summed E-state index contributed by atoms with van der Waals surface area (Å²) in [5.74, 6) is 1.00. The molecule has 0 aliphatic carbocycles. The molecule has 110 valence electrons. The Kier molecular flexibility index (Phi) is 4.55. The Morgan fingerprint density at radius 2 is 2.00 bits per heavy atom. The van der Waals surface area contributed by atoms with E-state index in [0.717, 1.165) is 45.1 Å². The third-order valence-corrected chi connectivity index (χ3v) is 4.40. The SMILES string of the molecule is COc1ccccc1CN1CC[C@@H](N2CCOCC2)C1. The first-order valence-electron chi connectivity index (χ1n) is 7.53. The van der Waals surface area contributed by atoms with Crippen molar-refractivity contribution in [3.63, 3.8) is 0 Å². The lowest BCUT2D eigenvalue weighted by molar-refractivity contribution is 0.0183. The number of methoxy groups -OCH3 is 1. The number of morpholine rings is 1. The number of likely N-dealkylation sites (tertiary alicyclic amines) is 1. The summed E-state index contributed by atoms with van der Waals surface area (Å²) in [5.41, 5.74) is 1.29. The van der Waals surface area contributed by atoms with Gasteiger partial charge in [-0.05, 0) is 12.5 Å². The molecule has 1 aromatic carbocycles. The average Bonchev–Trinajstić information content (AvgIpc) is 2.97. The van der Waals surface area contributed by atoms with Gasteiger partial charge in [-0.2, -0.15) is 0 Å². The second-order valence-electron chi connectivity index (χ2n) is 5.64. The summed E-state index contributed by atoms with van der Waals surface area (Å²) in [6.07, 6.45) is 1.27. The molecule has 0 unspecified atom stereocenters. The summed E-state index contributed by atoms with van der Waals surface area (Å²) in [5, 5.41) is 0. The lowest BCUT2D eigenvalue weighted by Gasteiger charge is -2.32. The average molecular weight is 276 g/mol. The first-order valence-corrected chi connectivity index (χ1v) is 7.53. The number of rotatable bonds is 4. The van der Waals surface area contributed by atoms with E-state index in [1.807, 2.05) is 12.1 Å². The second kappa shape index (κ2) is 6.57. The van der Waals surface area contributed by atoms with E-state index >= 15 is 0 Å². The van der Waals surface area contributed by atoms with E-state index in [1.54, 1.807) is 7.11 Å². The van der Waals surface area contributed by atoms with Crippen LogP contribution >= 0.6 is 0 Å². The van der Waals surface area contributed by atoms with Crippen molar-refractivity contribution >= 4 is 0 Å². The fraction of sp³-hybridized carbons (Fsp3) is 0.625. The molecule has 0 bridgehead atoms. The maximum Gasteiger partial charge on any atom is 0.123 e. The molecule has 0 radical (unpaired) electrons. The first-order chi connectivity index (χ1) is 9.86. The predicted molar refractivity (Wildman–Crippen MR) is 79.1 cm³/mol. The second-order valence-corrected chi connectivity index (χ2v) is 5.64. The van der Waals surface area contributed by atoms with E-state index in [1.165, 1.54) is 18.5 Å². The molecule has 0 saturated carbocycles. The monoisotopic (exact) mass is 276 g/mol. The minimum absolute atomic E-state index is 0.702. The van der Waals surface area contributed by atoms with Crippen LogP contribution in [0, 0.1) is 0 Å². The third kappa shape index (κ3) is 3.14. The summed E-state index contributed by atoms with van der Waals surface area (Å²) >= 11 is 0. The Labute approximate surface area is 121 Å². The number of hydrogen-bond acceptors (Lipinski definition) is 4. The van der Waals surface area contributed by atoms with E-state index < -0.39 is 0 Å². The maximum absolute atomic E-state index is 5.45. The van der Waals surface area contributed by atoms with Gasteiger partial charge in [0.25, 0.3) is 0 Å². The number of benzene rings is 1. The van der Waals surface area contributed by atoms with Crippen molar-refractivity contribution in [1.29, 1.82) is 0 Å². The molecule has 2 heterocycles. The fourth-order valence-corrected chi connectivity index (χ4v) is 3.27. The molecule has 0 spiro atoms. The number of ether oxygens (including phenoxy) is 2. The van der Waals surface area contributed by atoms with Crippen molar-refractivity contribution in [1.82, 2.24) is 9.80 Å². The van der Waals surface area contributed by atoms with E-state index in [0.29, 0.717) is 6.04 Å². The van der Waals surface area contributed by atoms with Gasteiger partial charge >= 0.3 is 0 Å². The zero-order valence-corrected chi connectivity index (χ0v) is 12.3. The molecule has 2 fully saturated rings. The van der Waals surface area contributed by atoms with E-state index in [9.17, 15) is 0 Å². The van der Waals surface area contributed by atoms with Crippen LogP contribution in [-0.4, -0.2) is 62.3 Å². The van der Waals surface area contributed by atoms with Crippen molar-refractivity contribution in [3.05, 3.63) is 29.8 Å². The minimum atomic E-state index is 0.702. The molecule has 2 saturated heterocycles. The van der Waals surface area contributed by atoms with Crippen molar-refractivity contribution in [2.45, 2.75) is 19.0 Å². The zero-order valence-electron chi connectivity index (χ0n) is 12.3. The van der Waals surface area contributed by atoms with Crippen LogP contribution in [0.4, 0.5) is 0 Å². The van der Waals surface area contributed by atoms with Crippen LogP contribution in [0.1, 0.15) is 12.0 Å². The van der Waals surface area contributed by atoms with Crippen LogP contribution in [0.2, 0.25) is 0 Å². The lowest BCUT2D eigenvalue weighted by atomic mass is 10.2. The molecule has 3 rings (SSSR count). The van der Waals surface area contributed by atoms with Crippen molar-refractivity contribution in [2.75, 3.05) is 46.5 Å². The molecule has 2 aliphatic rings. The Morgan fingerprint density at radius 3 is 2.80 bits per heavy atom. The van der Waals surface area contributed by atoms with Crippen LogP contribution in [0.25, 0.3) is 0 Å². The van der Waals surface area contributed by atoms with Gasteiger partial charge in [0, 0.05) is 44.3 Å². The van der Waals surface area contributed by atoms with Crippen LogP contribution in [0.3, 0.4) is 0 Å². The highest BCUT2D eigenvalue weighted by atomic mass is 16.5. The number of hydrogen-bond donors (Lipinski definition) is 0. The molecule has 4 heteroatoms. The van der Waals surface area contributed by atoms with Crippen LogP contribution in [0.15, 0.2) is 24.3 Å². The summed E-state index contributed by atoms with van der Waals surface area (Å²) < 4.78 is 10.9. The summed E-state index contributed by atoms with van der Waals surface area (Å²) in [6.45, 7) is 7.30. The van der Waals surface area contributed by atoms with Gasteiger partial charge in [-0.25, -0.2) is 0 Å². The summed E-state index contributed by atoms with van der Waals surface area (Å²) in [6, 6.07) is 9.04. The smallest absolute Gasteiger partial charge is 0.123 e. The minimum Gasteiger partial charge on any atom is -0.496 e. The Hall–Kier alpha value is -1.10. The van der Waals surface area contributed by atoms with Gasteiger partial charge in [-0.15, -0.1) is 0 Å². The van der Waals surface area contributed by atoms with E-state index in [-0.39, 0.29) is 0 Å². The van der Waals surface area contributed by atoms with Crippen LogP contribution in [-0.2, 0) is 11.3 Å². The third-order valence-electron chi connectivity index (χ3n) is 4.40. The molecule has 2 aliphatic heterocycles. The van der Waals surface area contributed by atoms with E-state index in [4.69, 9.17) is 9.47 Å². The molecule has 0 N–H and O–H groups in total. The normalized spacial score (nSPS) is 24.9. The topological polar surface area (TPSA) is 24.9 Å². The summed E-state index contributed by atoms with van der Waals surface area (Å²) in [7, 11) is 1.75. The van der Waals surface area contributed by atoms with Crippen molar-refractivity contribution in [2.24, 2.45) is 0 Å². The molecule has 0 aromatic heterocycles. The largest absolute Gasteiger partial charge is 0.496 e. The maximum atomic E-state index is 5.45. The Morgan fingerprint density at radius 1 is 1.20 bits per heavy atom. The van der Waals surface area contributed by atoms with Crippen molar-refractivity contribution < 1.29 is 9.47 Å². The summed E-state index contributed by atoms with van der Waals surface area (Å²) in [4.78, 5) is 5.13. The van der Waals surface area contributed by atoms with Crippen molar-refractivity contribution in [3.8, 4) is 5.75 Å². The molecule has 1 aromatic rings. The zero-order chi connectivity index (χ0) is 13.8. The number of nitrogens with zero attached hydrogens (tertiary/aromatic N) is 2. The molecule has 20 heavy (non-hydrogen) atoms. The van der Waals surface area contributed by atoms with Gasteiger partial charge in [0.2, 0.25) is 0 Å². The molecule has 4 nitrogen and oxygen atoms in total. The first kappa shape index (κ1) is 13.9. The number of para-hydroxylation sites is 1. The highest BCUT2D eigenvalue weighted by Crippen LogP contribution is 2.23. The standard InChI is InChI=1S/C16H24N2O2/c1-19-16-5-3-2-4-14(16)12-17-7-6-15(13-17)18-8-10-20-11-9-18/h2-5,15H,6-13H2,1H3/t15-/m1/s1.